The van der Waals surface area contributed by atoms with E-state index in [9.17, 15) is 0 Å². The molecule has 17 aliphatic carbocycles. The average molecular weight is 1700 g/mol. The van der Waals surface area contributed by atoms with Gasteiger partial charge in [-0.15, -0.1) is 11.3 Å². The van der Waals surface area contributed by atoms with Gasteiger partial charge in [-0.3, -0.25) is 0 Å². The van der Waals surface area contributed by atoms with Crippen molar-refractivity contribution in [2.45, 2.75) is 151 Å². The van der Waals surface area contributed by atoms with Crippen LogP contribution in [0.25, 0.3) is 75.8 Å². The van der Waals surface area contributed by atoms with Crippen LogP contribution >= 0.6 is 11.3 Å². The fourth-order valence-electron chi connectivity index (χ4n) is 32.6. The van der Waals surface area contributed by atoms with Crippen molar-refractivity contribution < 1.29 is 0 Å². The van der Waals surface area contributed by atoms with Gasteiger partial charge in [0.2, 0.25) is 0 Å². The highest BCUT2D eigenvalue weighted by Crippen LogP contribution is 2.75. The second kappa shape index (κ2) is 28.5. The van der Waals surface area contributed by atoms with Crippen LogP contribution in [0.1, 0.15) is 180 Å². The zero-order valence-corrected chi connectivity index (χ0v) is 76.0. The normalized spacial score (nSPS) is 27.3. The summed E-state index contributed by atoms with van der Waals surface area (Å²) in [5.41, 5.74) is 41.4. The highest BCUT2D eigenvalue weighted by Gasteiger charge is 2.66. The van der Waals surface area contributed by atoms with Crippen LogP contribution in [0, 0.1) is 71.0 Å². The highest BCUT2D eigenvalue weighted by atomic mass is 32.1. The van der Waals surface area contributed by atoms with E-state index in [-0.39, 0.29) is 27.1 Å². The summed E-state index contributed by atoms with van der Waals surface area (Å²) in [6.07, 6.45) is 21.4. The first kappa shape index (κ1) is 76.8. The summed E-state index contributed by atoms with van der Waals surface area (Å²) in [5, 5.41) is 2.70. The standard InChI is InChI=1S/C49H41NS.C43H39N.C34H31N/c1-48(2)40-13-6-3-10-35(40)36-20-18-33(27-43(36)48)50(34-19-21-38-37-11-5-8-17-45(37)51-46(38)28-34)44-16-9-15-42-47(44)39-12-4-7-14-41(39)49(42)31-23-29-22-30(25-31)26-32(49)24-29;1-42(2)36-15-8-6-13-33(36)34-20-19-32(26-39(34)42)44(31-11-4-3-5-12-31)40-18-10-17-38-41(40)35-14-7-9-16-37(35)43(38)29-22-27-21-28(24-29)25-30(43)23-27;1-3-10-27(11-4-1)35(28-12-5-2-6-13-28)32-17-9-16-31-33(32)29-14-7-8-15-30(29)34(31)25-19-23-18-24(21-25)22-26(34)20-23/h3-21,27-32H,22-26H2,1-2H3;3-20,26-30H,21-25H2,1-2H3;1-17,23-26H,18-22H2. The molecule has 16 aromatic rings. The second-order valence-corrected chi connectivity index (χ2v) is 44.4. The van der Waals surface area contributed by atoms with Gasteiger partial charge < -0.3 is 14.7 Å². The van der Waals surface area contributed by atoms with Crippen LogP contribution in [0.5, 0.6) is 0 Å². The van der Waals surface area contributed by atoms with Gasteiger partial charge in [0.15, 0.2) is 0 Å². The molecule has 0 amide bonds. The zero-order valence-electron chi connectivity index (χ0n) is 75.2. The van der Waals surface area contributed by atoms with E-state index in [1.807, 2.05) is 11.3 Å². The molecule has 0 unspecified atom stereocenters. The average Bonchev–Trinajstić information content (AvgIpc) is 1.50. The summed E-state index contributed by atoms with van der Waals surface area (Å²) >= 11 is 1.92. The van der Waals surface area contributed by atoms with Crippen molar-refractivity contribution in [2.24, 2.45) is 71.0 Å². The van der Waals surface area contributed by atoms with Crippen LogP contribution in [0.4, 0.5) is 51.2 Å². The van der Waals surface area contributed by atoms with Crippen molar-refractivity contribution >= 4 is 82.7 Å². The molecule has 0 atom stereocenters. The largest absolute Gasteiger partial charge is 0.310 e. The van der Waals surface area contributed by atoms with Gasteiger partial charge >= 0.3 is 0 Å². The molecule has 4 heteroatoms. The maximum atomic E-state index is 2.62. The molecule has 0 aliphatic heterocycles. The van der Waals surface area contributed by atoms with Crippen molar-refractivity contribution in [3.63, 3.8) is 0 Å². The molecule has 12 fully saturated rings. The number of thiophene rings is 1. The zero-order chi connectivity index (χ0) is 85.8. The van der Waals surface area contributed by atoms with Crippen LogP contribution in [0.3, 0.4) is 0 Å². The smallest absolute Gasteiger partial charge is 0.0543 e. The summed E-state index contributed by atoms with van der Waals surface area (Å²) < 4.78 is 2.70. The molecule has 636 valence electrons. The van der Waals surface area contributed by atoms with Gasteiger partial charge in [0.05, 0.1) is 17.1 Å². The van der Waals surface area contributed by atoms with Crippen molar-refractivity contribution in [3.05, 3.63) is 401 Å². The first-order valence-electron chi connectivity index (χ1n) is 49.5. The van der Waals surface area contributed by atoms with Crippen LogP contribution in [-0.4, -0.2) is 0 Å². The molecular weight excluding hydrogens is 1590 g/mol. The Balaban J connectivity index is 0.0000000998. The second-order valence-electron chi connectivity index (χ2n) is 43.3. The Kier molecular flexibility index (Phi) is 16.8. The summed E-state index contributed by atoms with van der Waals surface area (Å²) in [7, 11) is 0. The summed E-state index contributed by atoms with van der Waals surface area (Å²) in [6, 6.07) is 132. The van der Waals surface area contributed by atoms with Crippen LogP contribution in [-0.2, 0) is 27.1 Å². The maximum Gasteiger partial charge on any atom is 0.0543 e. The van der Waals surface area contributed by atoms with E-state index < -0.39 is 0 Å². The number of anilines is 9. The number of para-hydroxylation sites is 3. The lowest BCUT2D eigenvalue weighted by atomic mass is 9.43. The van der Waals surface area contributed by atoms with Gasteiger partial charge in [-0.25, -0.2) is 0 Å². The topological polar surface area (TPSA) is 9.72 Å². The summed E-state index contributed by atoms with van der Waals surface area (Å²) in [6.45, 7) is 9.59. The first-order chi connectivity index (χ1) is 63.9. The van der Waals surface area contributed by atoms with Crippen LogP contribution < -0.4 is 14.7 Å². The SMILES string of the molecule is CC1(C)c2ccccc2-c2ccc(N(c3ccc4c(c3)sc3ccccc34)c3cccc4c3-c3ccccc3C43C4CC5CC(C4)CC3C5)cc21.CC1(C)c2ccccc2-c2ccc(N(c3ccccc3)c3cccc4c3-c3ccccc3C43C4CC5CC(C4)CC3C5)cc21.c1ccc(N(c2ccccc2)c2cccc3c2-c2ccccc2C32C3CC4CC(C3)CC2C4)cc1. The Morgan fingerprint density at radius 1 is 0.200 bits per heavy atom. The monoisotopic (exact) mass is 1700 g/mol. The molecule has 12 saturated carbocycles. The van der Waals surface area contributed by atoms with E-state index in [0.29, 0.717) is 0 Å². The van der Waals surface area contributed by atoms with Gasteiger partial charge in [-0.05, 0) is 359 Å². The Hall–Kier alpha value is -12.1. The fourth-order valence-corrected chi connectivity index (χ4v) is 33.8. The van der Waals surface area contributed by atoms with Gasteiger partial charge in [0.25, 0.3) is 0 Å². The maximum absolute atomic E-state index is 2.62. The van der Waals surface area contributed by atoms with Crippen LogP contribution in [0.2, 0.25) is 0 Å². The summed E-state index contributed by atoms with van der Waals surface area (Å²) in [4.78, 5) is 7.66. The lowest BCUT2D eigenvalue weighted by molar-refractivity contribution is -0.0399. The fraction of sp³-hybridized carbons (Fsp3) is 0.286. The van der Waals surface area contributed by atoms with Gasteiger partial charge in [0, 0.05) is 98.1 Å². The van der Waals surface area contributed by atoms with Crippen LogP contribution in [0.15, 0.2) is 346 Å². The molecule has 17 aliphatic rings. The molecule has 0 N–H and O–H groups in total. The molecule has 130 heavy (non-hydrogen) atoms. The number of hydrogen-bond donors (Lipinski definition) is 0. The number of rotatable bonds is 9. The van der Waals surface area contributed by atoms with Gasteiger partial charge in [-0.1, -0.05) is 276 Å². The lowest BCUT2D eigenvalue weighted by Crippen LogP contribution is -2.55. The van der Waals surface area contributed by atoms with Gasteiger partial charge in [0.1, 0.15) is 0 Å². The van der Waals surface area contributed by atoms with E-state index in [1.54, 1.807) is 33.4 Å². The Bertz CT molecular complexity index is 7200. The van der Waals surface area contributed by atoms with E-state index in [2.05, 4.69) is 388 Å². The molecule has 12 bridgehead atoms. The van der Waals surface area contributed by atoms with Crippen molar-refractivity contribution in [1.29, 1.82) is 0 Å². The van der Waals surface area contributed by atoms with Crippen molar-refractivity contribution in [3.8, 4) is 55.6 Å². The Morgan fingerprint density at radius 2 is 0.469 bits per heavy atom. The number of fused-ring (bicyclic) bond motifs is 18. The molecule has 0 saturated heterocycles. The third-order valence-corrected chi connectivity index (χ3v) is 37.8. The van der Waals surface area contributed by atoms with E-state index in [0.717, 1.165) is 71.0 Å². The van der Waals surface area contributed by atoms with E-state index in [4.69, 9.17) is 0 Å². The first-order valence-corrected chi connectivity index (χ1v) is 50.4. The third kappa shape index (κ3) is 10.7. The van der Waals surface area contributed by atoms with Gasteiger partial charge in [-0.2, -0.15) is 0 Å². The van der Waals surface area contributed by atoms with Crippen molar-refractivity contribution in [1.82, 2.24) is 0 Å². The molecule has 1 aromatic heterocycles. The number of nitrogens with zero attached hydrogens (tertiary/aromatic N) is 3. The number of benzene rings is 15. The molecule has 3 nitrogen and oxygen atoms in total. The number of hydrogen-bond acceptors (Lipinski definition) is 4. The quantitative estimate of drug-likeness (QED) is 0.143. The molecule has 1 heterocycles. The minimum absolute atomic E-state index is 0.0417. The van der Waals surface area contributed by atoms with Crippen molar-refractivity contribution in [2.75, 3.05) is 14.7 Å². The Labute approximate surface area is 771 Å². The summed E-state index contributed by atoms with van der Waals surface area (Å²) in [5.74, 6) is 10.3. The highest BCUT2D eigenvalue weighted by molar-refractivity contribution is 7.25. The molecule has 0 radical (unpaired) electrons. The Morgan fingerprint density at radius 3 is 0.838 bits per heavy atom. The third-order valence-electron chi connectivity index (χ3n) is 36.7. The molecule has 3 spiro atoms. The minimum Gasteiger partial charge on any atom is -0.310 e. The molecule has 33 rings (SSSR count). The lowest BCUT2D eigenvalue weighted by Gasteiger charge is -2.61. The predicted octanol–water partition coefficient (Wildman–Crippen LogP) is 33.6. The molecular formula is C126H111N3S. The predicted molar refractivity (Wildman–Crippen MR) is 541 cm³/mol. The van der Waals surface area contributed by atoms with E-state index >= 15 is 0 Å². The molecule has 15 aromatic carbocycles. The van der Waals surface area contributed by atoms with E-state index in [1.165, 1.54) is 246 Å². The minimum atomic E-state index is -0.0707.